The number of ether oxygens (including phenoxy) is 1. The van der Waals surface area contributed by atoms with Crippen LogP contribution in [0.15, 0.2) is 66.9 Å². The van der Waals surface area contributed by atoms with Gasteiger partial charge in [-0.15, -0.1) is 0 Å². The molecule has 0 amide bonds. The normalized spacial score (nSPS) is 11.8. The van der Waals surface area contributed by atoms with E-state index < -0.39 is 6.10 Å². The third-order valence-corrected chi connectivity index (χ3v) is 5.84. The maximum absolute atomic E-state index is 10.7. The molecule has 0 spiro atoms. The number of aliphatic hydroxyl groups is 1. The summed E-state index contributed by atoms with van der Waals surface area (Å²) in [6, 6.07) is 19.9. The van der Waals surface area contributed by atoms with Crippen LogP contribution in [0.5, 0.6) is 5.75 Å². The Kier molecular flexibility index (Phi) is 8.77. The number of aliphatic hydroxyl groups excluding tert-OH is 1. The first-order chi connectivity index (χ1) is 15.5. The Balaban J connectivity index is 1.67. The van der Waals surface area contributed by atoms with Gasteiger partial charge in [-0.1, -0.05) is 29.8 Å². The summed E-state index contributed by atoms with van der Waals surface area (Å²) in [5, 5.41) is 11.4. The Morgan fingerprint density at radius 3 is 2.38 bits per heavy atom. The molecule has 0 aliphatic rings. The van der Waals surface area contributed by atoms with E-state index in [1.54, 1.807) is 12.3 Å². The molecule has 0 bridgehead atoms. The maximum Gasteiger partial charge on any atom is 0.128 e. The van der Waals surface area contributed by atoms with Gasteiger partial charge >= 0.3 is 0 Å². The fourth-order valence-corrected chi connectivity index (χ4v) is 3.73. The van der Waals surface area contributed by atoms with Crippen molar-refractivity contribution in [2.24, 2.45) is 0 Å². The number of aryl methyl sites for hydroxylation is 1. The van der Waals surface area contributed by atoms with Gasteiger partial charge < -0.3 is 19.6 Å². The van der Waals surface area contributed by atoms with Gasteiger partial charge in [0.2, 0.25) is 0 Å². The summed E-state index contributed by atoms with van der Waals surface area (Å²) >= 11 is 6.08. The van der Waals surface area contributed by atoms with E-state index in [-0.39, 0.29) is 6.61 Å². The van der Waals surface area contributed by atoms with Gasteiger partial charge in [-0.3, -0.25) is 0 Å². The molecule has 2 aromatic carbocycles. The maximum atomic E-state index is 10.7. The van der Waals surface area contributed by atoms with Crippen molar-refractivity contribution in [3.05, 3.63) is 83.0 Å². The minimum atomic E-state index is -0.678. The first kappa shape index (κ1) is 23.9. The van der Waals surface area contributed by atoms with Crippen molar-refractivity contribution in [3.63, 3.8) is 0 Å². The highest BCUT2D eigenvalue weighted by atomic mass is 35.5. The van der Waals surface area contributed by atoms with Gasteiger partial charge in [0.05, 0.1) is 0 Å². The van der Waals surface area contributed by atoms with Gasteiger partial charge in [0.25, 0.3) is 0 Å². The molecule has 0 fully saturated rings. The Morgan fingerprint density at radius 1 is 1.00 bits per heavy atom. The van der Waals surface area contributed by atoms with Crippen LogP contribution in [-0.4, -0.2) is 42.4 Å². The molecule has 1 atom stereocenters. The Labute approximate surface area is 196 Å². The summed E-state index contributed by atoms with van der Waals surface area (Å²) in [6.45, 7) is 9.45. The molecule has 0 aliphatic carbocycles. The van der Waals surface area contributed by atoms with Crippen molar-refractivity contribution in [1.29, 1.82) is 0 Å². The summed E-state index contributed by atoms with van der Waals surface area (Å²) in [7, 11) is 0. The number of pyridine rings is 1. The second-order valence-electron chi connectivity index (χ2n) is 7.78. The first-order valence-corrected chi connectivity index (χ1v) is 11.4. The molecular formula is C26H32ClN3O2. The average molecular weight is 454 g/mol. The quantitative estimate of drug-likeness (QED) is 0.425. The van der Waals surface area contributed by atoms with Crippen LogP contribution in [-0.2, 0) is 6.54 Å². The van der Waals surface area contributed by atoms with Gasteiger partial charge in [-0.2, -0.15) is 0 Å². The van der Waals surface area contributed by atoms with Gasteiger partial charge in [0.1, 0.15) is 24.3 Å². The van der Waals surface area contributed by atoms with E-state index in [1.807, 2.05) is 37.3 Å². The zero-order chi connectivity index (χ0) is 22.9. The number of rotatable bonds is 11. The van der Waals surface area contributed by atoms with Crippen molar-refractivity contribution in [3.8, 4) is 5.75 Å². The predicted octanol–water partition coefficient (Wildman–Crippen LogP) is 5.34. The molecule has 1 aromatic heterocycles. The van der Waals surface area contributed by atoms with Crippen LogP contribution in [0.3, 0.4) is 0 Å². The molecule has 0 saturated carbocycles. The summed E-state index contributed by atoms with van der Waals surface area (Å²) in [5.74, 6) is 1.52. The summed E-state index contributed by atoms with van der Waals surface area (Å²) in [6.07, 6.45) is 1.09. The monoisotopic (exact) mass is 453 g/mol. The minimum absolute atomic E-state index is 0.186. The molecular weight excluding hydrogens is 422 g/mol. The van der Waals surface area contributed by atoms with Crippen LogP contribution in [0.4, 0.5) is 11.5 Å². The number of aromatic nitrogens is 1. The molecule has 3 rings (SSSR count). The van der Waals surface area contributed by atoms with Gasteiger partial charge in [-0.05, 0) is 74.4 Å². The molecule has 0 aliphatic heterocycles. The largest absolute Gasteiger partial charge is 0.491 e. The van der Waals surface area contributed by atoms with Gasteiger partial charge in [0, 0.05) is 43.1 Å². The molecule has 170 valence electrons. The number of hydrogen-bond acceptors (Lipinski definition) is 5. The SMILES string of the molecule is CCN(CC)c1ccc(CN(CC(O)COc2ccc(Cl)c(C)c2)c2ccccn2)cc1. The molecule has 1 unspecified atom stereocenters. The number of nitrogens with zero attached hydrogens (tertiary/aromatic N) is 3. The van der Waals surface area contributed by atoms with Crippen molar-refractivity contribution < 1.29 is 9.84 Å². The van der Waals surface area contributed by atoms with Crippen LogP contribution in [0, 0.1) is 6.92 Å². The van der Waals surface area contributed by atoms with Crippen molar-refractivity contribution in [2.75, 3.05) is 36.0 Å². The molecule has 5 nitrogen and oxygen atoms in total. The fourth-order valence-electron chi connectivity index (χ4n) is 3.61. The third-order valence-electron chi connectivity index (χ3n) is 5.41. The number of hydrogen-bond donors (Lipinski definition) is 1. The van der Waals surface area contributed by atoms with Crippen LogP contribution in [0.2, 0.25) is 5.02 Å². The standard InChI is InChI=1S/C26H32ClN3O2/c1-4-29(5-2)22-11-9-21(10-12-22)17-30(26-8-6-7-15-28-26)18-23(31)19-32-24-13-14-25(27)20(3)16-24/h6-16,23,31H,4-5,17-19H2,1-3H3. The zero-order valence-electron chi connectivity index (χ0n) is 19.0. The van der Waals surface area contributed by atoms with Crippen LogP contribution in [0.1, 0.15) is 25.0 Å². The second kappa shape index (κ2) is 11.7. The summed E-state index contributed by atoms with van der Waals surface area (Å²) < 4.78 is 5.80. The van der Waals surface area contributed by atoms with E-state index in [9.17, 15) is 5.11 Å². The Morgan fingerprint density at radius 2 is 1.75 bits per heavy atom. The predicted molar refractivity (Wildman–Crippen MR) is 133 cm³/mol. The number of halogens is 1. The number of anilines is 2. The van der Waals surface area contributed by atoms with Crippen molar-refractivity contribution >= 4 is 23.1 Å². The van der Waals surface area contributed by atoms with Crippen molar-refractivity contribution in [1.82, 2.24) is 4.98 Å². The lowest BCUT2D eigenvalue weighted by molar-refractivity contribution is 0.111. The Hall–Kier alpha value is -2.76. The fraction of sp³-hybridized carbons (Fsp3) is 0.346. The molecule has 0 saturated heterocycles. The van der Waals surface area contributed by atoms with E-state index in [0.717, 1.165) is 30.0 Å². The lowest BCUT2D eigenvalue weighted by Gasteiger charge is -2.27. The molecule has 0 radical (unpaired) electrons. The molecule has 32 heavy (non-hydrogen) atoms. The van der Waals surface area contributed by atoms with Crippen LogP contribution >= 0.6 is 11.6 Å². The molecule has 3 aromatic rings. The highest BCUT2D eigenvalue weighted by Crippen LogP contribution is 2.22. The van der Waals surface area contributed by atoms with Gasteiger partial charge in [0.15, 0.2) is 0 Å². The van der Waals surface area contributed by atoms with E-state index in [0.29, 0.717) is 23.9 Å². The highest BCUT2D eigenvalue weighted by Gasteiger charge is 2.15. The topological polar surface area (TPSA) is 48.8 Å². The Bertz CT molecular complexity index is 963. The third kappa shape index (κ3) is 6.62. The highest BCUT2D eigenvalue weighted by molar-refractivity contribution is 6.31. The van der Waals surface area contributed by atoms with Crippen LogP contribution < -0.4 is 14.5 Å². The van der Waals surface area contributed by atoms with Crippen LogP contribution in [0.25, 0.3) is 0 Å². The minimum Gasteiger partial charge on any atom is -0.491 e. The smallest absolute Gasteiger partial charge is 0.128 e. The van der Waals surface area contributed by atoms with E-state index in [4.69, 9.17) is 16.3 Å². The lowest BCUT2D eigenvalue weighted by atomic mass is 10.1. The van der Waals surface area contributed by atoms with E-state index in [1.165, 1.54) is 5.69 Å². The summed E-state index contributed by atoms with van der Waals surface area (Å²) in [4.78, 5) is 8.89. The molecule has 1 heterocycles. The van der Waals surface area contributed by atoms with Gasteiger partial charge in [-0.25, -0.2) is 4.98 Å². The first-order valence-electron chi connectivity index (χ1n) is 11.1. The van der Waals surface area contributed by atoms with Crippen molar-refractivity contribution in [2.45, 2.75) is 33.4 Å². The molecule has 6 heteroatoms. The number of benzene rings is 2. The average Bonchev–Trinajstić information content (AvgIpc) is 2.82. The van der Waals surface area contributed by atoms with E-state index >= 15 is 0 Å². The summed E-state index contributed by atoms with van der Waals surface area (Å²) in [5.41, 5.74) is 3.32. The molecule has 1 N–H and O–H groups in total. The zero-order valence-corrected chi connectivity index (χ0v) is 19.8. The second-order valence-corrected chi connectivity index (χ2v) is 8.19. The van der Waals surface area contributed by atoms with E-state index in [2.05, 4.69) is 52.9 Å². The lowest BCUT2D eigenvalue weighted by Crippen LogP contribution is -2.35.